The summed E-state index contributed by atoms with van der Waals surface area (Å²) in [5.41, 5.74) is 1.96. The molecule has 1 N–H and O–H groups in total. The molecule has 0 aliphatic rings. The molecule has 0 aliphatic carbocycles. The van der Waals surface area contributed by atoms with E-state index in [1.165, 1.54) is 0 Å². The number of nitrogens with zero attached hydrogens (tertiary/aromatic N) is 2. The van der Waals surface area contributed by atoms with E-state index in [9.17, 15) is 8.78 Å². The zero-order valence-corrected chi connectivity index (χ0v) is 11.1. The van der Waals surface area contributed by atoms with Gasteiger partial charge in [0.1, 0.15) is 11.6 Å². The SMILES string of the molecule is Fc1ccc(F)c(NCc2cnn(-c3ccccc3)c2)c1. The lowest BCUT2D eigenvalue weighted by Crippen LogP contribution is -2.01. The number of benzene rings is 2. The van der Waals surface area contributed by atoms with Gasteiger partial charge in [0.05, 0.1) is 17.6 Å². The third-order valence-corrected chi connectivity index (χ3v) is 3.07. The van der Waals surface area contributed by atoms with E-state index in [1.54, 1.807) is 10.9 Å². The van der Waals surface area contributed by atoms with Crippen LogP contribution < -0.4 is 5.32 Å². The molecule has 21 heavy (non-hydrogen) atoms. The Labute approximate surface area is 120 Å². The molecule has 0 amide bonds. The molecule has 0 saturated heterocycles. The van der Waals surface area contributed by atoms with Gasteiger partial charge in [-0.3, -0.25) is 0 Å². The smallest absolute Gasteiger partial charge is 0.146 e. The lowest BCUT2D eigenvalue weighted by Gasteiger charge is -2.06. The standard InChI is InChI=1S/C16H13F2N3/c17-13-6-7-15(18)16(8-13)19-9-12-10-20-21(11-12)14-4-2-1-3-5-14/h1-8,10-11,19H,9H2. The average molecular weight is 285 g/mol. The Morgan fingerprint density at radius 1 is 1.05 bits per heavy atom. The monoisotopic (exact) mass is 285 g/mol. The van der Waals surface area contributed by atoms with E-state index in [2.05, 4.69) is 10.4 Å². The first-order chi connectivity index (χ1) is 10.2. The molecule has 0 bridgehead atoms. The Hall–Kier alpha value is -2.69. The molecule has 0 atom stereocenters. The fraction of sp³-hybridized carbons (Fsp3) is 0.0625. The van der Waals surface area contributed by atoms with E-state index >= 15 is 0 Å². The van der Waals surface area contributed by atoms with Crippen molar-refractivity contribution in [2.75, 3.05) is 5.32 Å². The fourth-order valence-electron chi connectivity index (χ4n) is 2.00. The average Bonchev–Trinajstić information content (AvgIpc) is 2.98. The maximum absolute atomic E-state index is 13.5. The minimum Gasteiger partial charge on any atom is -0.378 e. The molecule has 0 spiro atoms. The van der Waals surface area contributed by atoms with Crippen molar-refractivity contribution in [3.63, 3.8) is 0 Å². The van der Waals surface area contributed by atoms with Gasteiger partial charge in [-0.15, -0.1) is 0 Å². The molecular weight excluding hydrogens is 272 g/mol. The predicted octanol–water partition coefficient (Wildman–Crippen LogP) is 3.76. The van der Waals surface area contributed by atoms with E-state index in [0.29, 0.717) is 6.54 Å². The number of anilines is 1. The van der Waals surface area contributed by atoms with Crippen LogP contribution in [0.25, 0.3) is 5.69 Å². The highest BCUT2D eigenvalue weighted by atomic mass is 19.1. The van der Waals surface area contributed by atoms with Crippen LogP contribution in [0.5, 0.6) is 0 Å². The maximum Gasteiger partial charge on any atom is 0.146 e. The summed E-state index contributed by atoms with van der Waals surface area (Å²) in [6.45, 7) is 0.368. The van der Waals surface area contributed by atoms with Crippen LogP contribution in [0.4, 0.5) is 14.5 Å². The number of para-hydroxylation sites is 1. The molecule has 0 fully saturated rings. The minimum atomic E-state index is -0.480. The van der Waals surface area contributed by atoms with Gasteiger partial charge in [0.25, 0.3) is 0 Å². The zero-order valence-electron chi connectivity index (χ0n) is 11.1. The molecule has 5 heteroatoms. The minimum absolute atomic E-state index is 0.141. The fourth-order valence-corrected chi connectivity index (χ4v) is 2.00. The molecule has 2 aromatic carbocycles. The number of rotatable bonds is 4. The zero-order chi connectivity index (χ0) is 14.7. The molecule has 0 aliphatic heterocycles. The molecule has 1 heterocycles. The highest BCUT2D eigenvalue weighted by Gasteiger charge is 2.05. The van der Waals surface area contributed by atoms with Crippen LogP contribution in [-0.2, 0) is 6.54 Å². The summed E-state index contributed by atoms with van der Waals surface area (Å²) >= 11 is 0. The van der Waals surface area contributed by atoms with E-state index in [0.717, 1.165) is 29.4 Å². The lowest BCUT2D eigenvalue weighted by molar-refractivity contribution is 0.602. The first-order valence-electron chi connectivity index (χ1n) is 6.50. The van der Waals surface area contributed by atoms with Crippen molar-refractivity contribution in [1.82, 2.24) is 9.78 Å². The number of aromatic nitrogens is 2. The topological polar surface area (TPSA) is 29.9 Å². The molecule has 0 unspecified atom stereocenters. The Balaban J connectivity index is 1.72. The van der Waals surface area contributed by atoms with Crippen LogP contribution in [0.1, 0.15) is 5.56 Å². The van der Waals surface area contributed by atoms with Crippen LogP contribution in [0, 0.1) is 11.6 Å². The Morgan fingerprint density at radius 2 is 1.86 bits per heavy atom. The normalized spacial score (nSPS) is 10.6. The van der Waals surface area contributed by atoms with Gasteiger partial charge in [0.2, 0.25) is 0 Å². The first-order valence-corrected chi connectivity index (χ1v) is 6.50. The second-order valence-corrected chi connectivity index (χ2v) is 4.61. The van der Waals surface area contributed by atoms with Crippen molar-refractivity contribution in [1.29, 1.82) is 0 Å². The molecule has 0 saturated carbocycles. The number of hydrogen-bond acceptors (Lipinski definition) is 2. The van der Waals surface area contributed by atoms with Gasteiger partial charge in [-0.25, -0.2) is 13.5 Å². The maximum atomic E-state index is 13.5. The van der Waals surface area contributed by atoms with Crippen molar-refractivity contribution >= 4 is 5.69 Å². The predicted molar refractivity (Wildman–Crippen MR) is 77.2 cm³/mol. The first kappa shape index (κ1) is 13.3. The van der Waals surface area contributed by atoms with Crippen molar-refractivity contribution in [3.05, 3.63) is 78.1 Å². The molecular formula is C16H13F2N3. The summed E-state index contributed by atoms with van der Waals surface area (Å²) in [6, 6.07) is 13.0. The summed E-state index contributed by atoms with van der Waals surface area (Å²) < 4.78 is 28.3. The van der Waals surface area contributed by atoms with Crippen molar-refractivity contribution in [3.8, 4) is 5.69 Å². The van der Waals surface area contributed by atoms with Gasteiger partial charge in [-0.05, 0) is 30.3 Å². The second-order valence-electron chi connectivity index (χ2n) is 4.61. The van der Waals surface area contributed by atoms with Crippen LogP contribution in [-0.4, -0.2) is 9.78 Å². The summed E-state index contributed by atoms with van der Waals surface area (Å²) in [5, 5.41) is 7.11. The van der Waals surface area contributed by atoms with Crippen LogP contribution >= 0.6 is 0 Å². The number of nitrogens with one attached hydrogen (secondary N) is 1. The van der Waals surface area contributed by atoms with E-state index in [-0.39, 0.29) is 5.69 Å². The third kappa shape index (κ3) is 3.08. The largest absolute Gasteiger partial charge is 0.378 e. The van der Waals surface area contributed by atoms with E-state index in [4.69, 9.17) is 0 Å². The van der Waals surface area contributed by atoms with E-state index < -0.39 is 11.6 Å². The van der Waals surface area contributed by atoms with Crippen LogP contribution in [0.3, 0.4) is 0 Å². The van der Waals surface area contributed by atoms with E-state index in [1.807, 2.05) is 36.5 Å². The molecule has 0 radical (unpaired) electrons. The Bertz CT molecular complexity index is 738. The van der Waals surface area contributed by atoms with Gasteiger partial charge < -0.3 is 5.32 Å². The Kier molecular flexibility index (Phi) is 3.64. The van der Waals surface area contributed by atoms with Crippen LogP contribution in [0.15, 0.2) is 60.9 Å². The Morgan fingerprint density at radius 3 is 2.67 bits per heavy atom. The molecule has 3 rings (SSSR count). The summed E-state index contributed by atoms with van der Waals surface area (Å²) in [4.78, 5) is 0. The van der Waals surface area contributed by atoms with Crippen molar-refractivity contribution in [2.45, 2.75) is 6.54 Å². The highest BCUT2D eigenvalue weighted by Crippen LogP contribution is 2.16. The quantitative estimate of drug-likeness (QED) is 0.791. The lowest BCUT2D eigenvalue weighted by atomic mass is 10.2. The van der Waals surface area contributed by atoms with Gasteiger partial charge in [0, 0.05) is 18.3 Å². The van der Waals surface area contributed by atoms with Crippen LogP contribution in [0.2, 0.25) is 0 Å². The molecule has 3 aromatic rings. The van der Waals surface area contributed by atoms with Gasteiger partial charge in [0.15, 0.2) is 0 Å². The summed E-state index contributed by atoms with van der Waals surface area (Å²) in [6.07, 6.45) is 3.54. The van der Waals surface area contributed by atoms with Crippen molar-refractivity contribution in [2.24, 2.45) is 0 Å². The van der Waals surface area contributed by atoms with Gasteiger partial charge >= 0.3 is 0 Å². The molecule has 1 aromatic heterocycles. The van der Waals surface area contributed by atoms with Crippen molar-refractivity contribution < 1.29 is 8.78 Å². The van der Waals surface area contributed by atoms with Gasteiger partial charge in [-0.1, -0.05) is 18.2 Å². The number of halogens is 2. The summed E-state index contributed by atoms with van der Waals surface area (Å²) in [5.74, 6) is -0.953. The summed E-state index contributed by atoms with van der Waals surface area (Å²) in [7, 11) is 0. The number of hydrogen-bond donors (Lipinski definition) is 1. The molecule has 106 valence electrons. The second kappa shape index (κ2) is 5.75. The van der Waals surface area contributed by atoms with Gasteiger partial charge in [-0.2, -0.15) is 5.10 Å². The third-order valence-electron chi connectivity index (χ3n) is 3.07. The highest BCUT2D eigenvalue weighted by molar-refractivity contribution is 5.45. The molecule has 3 nitrogen and oxygen atoms in total.